The van der Waals surface area contributed by atoms with Gasteiger partial charge in [-0.05, 0) is 81.7 Å². The fraction of sp³-hybridized carbons (Fsp3) is 0.533. The normalized spacial score (nSPS) is 18.0. The molecule has 0 spiro atoms. The van der Waals surface area contributed by atoms with Gasteiger partial charge in [-0.3, -0.25) is 0 Å². The van der Waals surface area contributed by atoms with Crippen molar-refractivity contribution in [2.45, 2.75) is 77.3 Å². The standard InChI is InChI=1S/C30H38F2N2O5/c1-5-38-25-15-24(16-26(19(25)3)39-6-2)20(4)34(12-11-21-13-22-9-7-8-10-23(22)14-21)28(37)33-29(27(35)36)17-30(31,32)18-29/h7-10,15-16,20-21H,5-6,11-14,17-18H2,1-4H3,(H,33,37)(H,35,36)/t20-/m1/s1. The van der Waals surface area contributed by atoms with E-state index in [0.29, 0.717) is 43.6 Å². The lowest BCUT2D eigenvalue weighted by Crippen LogP contribution is -2.68. The van der Waals surface area contributed by atoms with Crippen molar-refractivity contribution < 1.29 is 33.0 Å². The molecule has 1 atom stereocenters. The first-order chi connectivity index (χ1) is 18.5. The number of alkyl halides is 2. The first-order valence-electron chi connectivity index (χ1n) is 13.7. The number of fused-ring (bicyclic) bond motifs is 1. The third-order valence-electron chi connectivity index (χ3n) is 7.94. The van der Waals surface area contributed by atoms with Crippen LogP contribution < -0.4 is 14.8 Å². The van der Waals surface area contributed by atoms with E-state index in [-0.39, 0.29) is 0 Å². The molecule has 7 nitrogen and oxygen atoms in total. The maximum absolute atomic E-state index is 13.8. The van der Waals surface area contributed by atoms with Crippen LogP contribution in [0.3, 0.4) is 0 Å². The van der Waals surface area contributed by atoms with Crippen molar-refractivity contribution in [3.8, 4) is 11.5 Å². The molecule has 1 fully saturated rings. The van der Waals surface area contributed by atoms with Gasteiger partial charge >= 0.3 is 12.0 Å². The summed E-state index contributed by atoms with van der Waals surface area (Å²) in [6, 6.07) is 10.8. The minimum Gasteiger partial charge on any atom is -0.493 e. The summed E-state index contributed by atoms with van der Waals surface area (Å²) in [5, 5.41) is 12.2. The number of hydrogen-bond acceptors (Lipinski definition) is 4. The summed E-state index contributed by atoms with van der Waals surface area (Å²) in [7, 11) is 0. The fourth-order valence-electron chi connectivity index (χ4n) is 5.76. The Morgan fingerprint density at radius 1 is 1.08 bits per heavy atom. The summed E-state index contributed by atoms with van der Waals surface area (Å²) in [5.41, 5.74) is 2.21. The number of ether oxygens (including phenoxy) is 2. The molecule has 0 radical (unpaired) electrons. The summed E-state index contributed by atoms with van der Waals surface area (Å²) >= 11 is 0. The lowest BCUT2D eigenvalue weighted by Gasteiger charge is -2.45. The number of carbonyl (C=O) groups excluding carboxylic acids is 1. The third-order valence-corrected chi connectivity index (χ3v) is 7.94. The van der Waals surface area contributed by atoms with Gasteiger partial charge in [0, 0.05) is 24.9 Å². The molecule has 0 saturated heterocycles. The Morgan fingerprint density at radius 2 is 1.62 bits per heavy atom. The van der Waals surface area contributed by atoms with Crippen molar-refractivity contribution in [1.29, 1.82) is 0 Å². The first-order valence-corrected chi connectivity index (χ1v) is 13.7. The topological polar surface area (TPSA) is 88.1 Å². The van der Waals surface area contributed by atoms with Crippen molar-refractivity contribution in [3.05, 3.63) is 58.7 Å². The van der Waals surface area contributed by atoms with Crippen LogP contribution in [0.2, 0.25) is 0 Å². The summed E-state index contributed by atoms with van der Waals surface area (Å²) in [6.07, 6.45) is 0.645. The van der Waals surface area contributed by atoms with Crippen LogP contribution in [0, 0.1) is 12.8 Å². The summed E-state index contributed by atoms with van der Waals surface area (Å²) in [6.45, 7) is 8.75. The predicted octanol–water partition coefficient (Wildman–Crippen LogP) is 5.92. The van der Waals surface area contributed by atoms with Crippen molar-refractivity contribution in [1.82, 2.24) is 10.2 Å². The van der Waals surface area contributed by atoms with Gasteiger partial charge in [-0.1, -0.05) is 24.3 Å². The number of carboxylic acids is 1. The van der Waals surface area contributed by atoms with E-state index in [9.17, 15) is 23.5 Å². The molecule has 2 amide bonds. The van der Waals surface area contributed by atoms with Crippen LogP contribution in [0.1, 0.15) is 68.3 Å². The number of aliphatic carboxylic acids is 1. The number of nitrogens with one attached hydrogen (secondary N) is 1. The lowest BCUT2D eigenvalue weighted by atomic mass is 9.73. The van der Waals surface area contributed by atoms with Crippen LogP contribution in [0.25, 0.3) is 0 Å². The lowest BCUT2D eigenvalue weighted by molar-refractivity contribution is -0.175. The summed E-state index contributed by atoms with van der Waals surface area (Å²) < 4.78 is 39.2. The van der Waals surface area contributed by atoms with E-state index in [2.05, 4.69) is 17.4 Å². The second kappa shape index (κ2) is 11.4. The summed E-state index contributed by atoms with van der Waals surface area (Å²) in [4.78, 5) is 27.1. The van der Waals surface area contributed by atoms with Crippen LogP contribution in [0.15, 0.2) is 36.4 Å². The molecule has 0 aromatic heterocycles. The average molecular weight is 545 g/mol. The Kier molecular flexibility index (Phi) is 8.37. The molecule has 39 heavy (non-hydrogen) atoms. The van der Waals surface area contributed by atoms with Gasteiger partial charge in [0.25, 0.3) is 5.92 Å². The van der Waals surface area contributed by atoms with Gasteiger partial charge in [-0.2, -0.15) is 0 Å². The van der Waals surface area contributed by atoms with Crippen molar-refractivity contribution >= 4 is 12.0 Å². The molecule has 1 saturated carbocycles. The van der Waals surface area contributed by atoms with Crippen LogP contribution in [0.5, 0.6) is 11.5 Å². The molecule has 2 aliphatic rings. The van der Waals surface area contributed by atoms with Gasteiger partial charge in [0.05, 0.1) is 19.3 Å². The minimum absolute atomic E-state index is 0.322. The zero-order chi connectivity index (χ0) is 28.4. The fourth-order valence-corrected chi connectivity index (χ4v) is 5.76. The van der Waals surface area contributed by atoms with E-state index in [1.807, 2.05) is 52.0 Å². The molecule has 2 aliphatic carbocycles. The van der Waals surface area contributed by atoms with E-state index in [1.54, 1.807) is 4.90 Å². The number of amides is 2. The number of carbonyl (C=O) groups is 2. The van der Waals surface area contributed by atoms with Gasteiger partial charge in [0.15, 0.2) is 5.54 Å². The molecular formula is C30H38F2N2O5. The summed E-state index contributed by atoms with van der Waals surface area (Å²) in [5.74, 6) is -2.97. The van der Waals surface area contributed by atoms with Gasteiger partial charge in [0.2, 0.25) is 0 Å². The highest BCUT2D eigenvalue weighted by molar-refractivity contribution is 5.88. The Hall–Kier alpha value is -3.36. The van der Waals surface area contributed by atoms with Crippen molar-refractivity contribution in [3.63, 3.8) is 0 Å². The maximum atomic E-state index is 13.8. The Bertz CT molecular complexity index is 1160. The molecule has 4 rings (SSSR count). The van der Waals surface area contributed by atoms with Crippen molar-refractivity contribution in [2.75, 3.05) is 19.8 Å². The van der Waals surface area contributed by atoms with E-state index in [1.165, 1.54) is 11.1 Å². The number of urea groups is 1. The highest BCUT2D eigenvalue weighted by Crippen LogP contribution is 2.46. The number of halogens is 2. The highest BCUT2D eigenvalue weighted by atomic mass is 19.3. The minimum atomic E-state index is -3.12. The zero-order valence-electron chi connectivity index (χ0n) is 23.1. The van der Waals surface area contributed by atoms with Crippen LogP contribution >= 0.6 is 0 Å². The second-order valence-corrected chi connectivity index (χ2v) is 10.7. The molecule has 0 bridgehead atoms. The molecule has 212 valence electrons. The molecule has 2 aromatic rings. The third kappa shape index (κ3) is 6.12. The molecule has 0 unspecified atom stereocenters. The van der Waals surface area contributed by atoms with Crippen LogP contribution in [-0.4, -0.2) is 53.2 Å². The second-order valence-electron chi connectivity index (χ2n) is 10.7. The Morgan fingerprint density at radius 3 is 2.08 bits per heavy atom. The van der Waals surface area contributed by atoms with Gasteiger partial charge < -0.3 is 24.8 Å². The monoisotopic (exact) mass is 544 g/mol. The molecular weight excluding hydrogens is 506 g/mol. The Labute approximate surface area is 228 Å². The molecule has 0 heterocycles. The van der Waals surface area contributed by atoms with Gasteiger partial charge in [0.1, 0.15) is 11.5 Å². The van der Waals surface area contributed by atoms with Crippen molar-refractivity contribution in [2.24, 2.45) is 5.92 Å². The van der Waals surface area contributed by atoms with Crippen LogP contribution in [0.4, 0.5) is 13.6 Å². The number of hydrogen-bond donors (Lipinski definition) is 2. The Balaban J connectivity index is 1.60. The van der Waals surface area contributed by atoms with E-state index in [4.69, 9.17) is 9.47 Å². The predicted molar refractivity (Wildman–Crippen MR) is 144 cm³/mol. The molecule has 0 aliphatic heterocycles. The highest BCUT2D eigenvalue weighted by Gasteiger charge is 2.62. The van der Waals surface area contributed by atoms with Gasteiger partial charge in [-0.25, -0.2) is 18.4 Å². The number of nitrogens with zero attached hydrogens (tertiary/aromatic N) is 1. The zero-order valence-corrected chi connectivity index (χ0v) is 23.1. The van der Waals surface area contributed by atoms with E-state index in [0.717, 1.165) is 24.0 Å². The number of carboxylic acid groups (broad SMARTS) is 1. The average Bonchev–Trinajstić information content (AvgIpc) is 3.28. The van der Waals surface area contributed by atoms with Crippen LogP contribution in [-0.2, 0) is 17.6 Å². The molecule has 2 aromatic carbocycles. The smallest absolute Gasteiger partial charge is 0.329 e. The van der Waals surface area contributed by atoms with E-state index < -0.39 is 42.3 Å². The molecule has 2 N–H and O–H groups in total. The maximum Gasteiger partial charge on any atom is 0.329 e. The first kappa shape index (κ1) is 28.6. The SMILES string of the molecule is CCOc1cc([C@@H](C)N(CCC2Cc3ccccc3C2)C(=O)NC2(C(=O)O)CC(F)(F)C2)cc(OCC)c1C. The number of rotatable bonds is 11. The van der Waals surface area contributed by atoms with Gasteiger partial charge in [-0.15, -0.1) is 0 Å². The molecule has 9 heteroatoms. The number of benzene rings is 2. The quantitative estimate of drug-likeness (QED) is 0.367. The van der Waals surface area contributed by atoms with E-state index >= 15 is 0 Å². The largest absolute Gasteiger partial charge is 0.493 e.